The van der Waals surface area contributed by atoms with E-state index in [0.29, 0.717) is 12.1 Å². The number of rotatable bonds is 2. The Balaban J connectivity index is 1.75. The van der Waals surface area contributed by atoms with Crippen LogP contribution in [0.15, 0.2) is 12.1 Å². The zero-order valence-corrected chi connectivity index (χ0v) is 9.58. The van der Waals surface area contributed by atoms with Gasteiger partial charge in [-0.1, -0.05) is 6.07 Å². The summed E-state index contributed by atoms with van der Waals surface area (Å²) in [5.74, 6) is 1.02. The number of nitrogens with two attached hydrogens (primary N) is 1. The van der Waals surface area contributed by atoms with Crippen molar-refractivity contribution < 1.29 is 0 Å². The summed E-state index contributed by atoms with van der Waals surface area (Å²) in [5, 5.41) is 3.48. The highest BCUT2D eigenvalue weighted by Gasteiger charge is 2.24. The van der Waals surface area contributed by atoms with Gasteiger partial charge in [-0.2, -0.15) is 0 Å². The Morgan fingerprint density at radius 1 is 1.19 bits per heavy atom. The van der Waals surface area contributed by atoms with Gasteiger partial charge in [-0.25, -0.2) is 4.98 Å². The monoisotopic (exact) mass is 217 g/mol. The van der Waals surface area contributed by atoms with Gasteiger partial charge in [-0.3, -0.25) is 0 Å². The maximum Gasteiger partial charge on any atom is 0.126 e. The number of hydrogen-bond acceptors (Lipinski definition) is 3. The molecule has 1 aromatic heterocycles. The number of nitrogens with one attached hydrogen (secondary N) is 1. The van der Waals surface area contributed by atoms with Crippen LogP contribution in [0.3, 0.4) is 0 Å². The summed E-state index contributed by atoms with van der Waals surface area (Å²) in [4.78, 5) is 4.68. The van der Waals surface area contributed by atoms with Crippen LogP contribution in [0.25, 0.3) is 0 Å². The van der Waals surface area contributed by atoms with Crippen molar-refractivity contribution in [3.05, 3.63) is 23.4 Å². The number of hydrogen-bond donors (Lipinski definition) is 2. The number of aromatic nitrogens is 1. The van der Waals surface area contributed by atoms with Crippen LogP contribution in [-0.4, -0.2) is 17.1 Å². The molecule has 3 rings (SSSR count). The normalized spacial score (nSPS) is 28.1. The molecule has 0 spiro atoms. The second-order valence-corrected chi connectivity index (χ2v) is 5.00. The number of nitrogens with zero attached hydrogens (tertiary/aromatic N) is 1. The first kappa shape index (κ1) is 10.1. The van der Waals surface area contributed by atoms with Gasteiger partial charge in [0.25, 0.3) is 0 Å². The Hall–Kier alpha value is -1.09. The molecule has 86 valence electrons. The Morgan fingerprint density at radius 3 is 2.94 bits per heavy atom. The maximum absolute atomic E-state index is 6.05. The minimum absolute atomic E-state index is 0.301. The molecule has 0 amide bonds. The molecule has 0 aromatic carbocycles. The highest BCUT2D eigenvalue weighted by molar-refractivity contribution is 5.41. The lowest BCUT2D eigenvalue weighted by Crippen LogP contribution is -2.35. The van der Waals surface area contributed by atoms with E-state index in [1.807, 2.05) is 0 Å². The molecule has 3 nitrogen and oxygen atoms in total. The topological polar surface area (TPSA) is 50.9 Å². The van der Waals surface area contributed by atoms with Gasteiger partial charge in [-0.05, 0) is 50.2 Å². The van der Waals surface area contributed by atoms with Gasteiger partial charge in [0.15, 0.2) is 0 Å². The van der Waals surface area contributed by atoms with Crippen LogP contribution >= 0.6 is 0 Å². The second kappa shape index (κ2) is 4.06. The Labute approximate surface area is 96.4 Å². The lowest BCUT2D eigenvalue weighted by Gasteiger charge is -2.18. The first-order valence-electron chi connectivity index (χ1n) is 6.34. The summed E-state index contributed by atoms with van der Waals surface area (Å²) in [5.41, 5.74) is 8.77. The van der Waals surface area contributed by atoms with Crippen LogP contribution in [0.1, 0.15) is 36.9 Å². The molecular formula is C13H19N3. The average Bonchev–Trinajstić information content (AvgIpc) is 2.88. The zero-order valence-electron chi connectivity index (χ0n) is 9.58. The fraction of sp³-hybridized carbons (Fsp3) is 0.615. The van der Waals surface area contributed by atoms with Crippen molar-refractivity contribution in [2.75, 3.05) is 5.32 Å². The van der Waals surface area contributed by atoms with Crippen molar-refractivity contribution in [2.24, 2.45) is 5.73 Å². The molecule has 2 atom stereocenters. The minimum Gasteiger partial charge on any atom is -0.366 e. The lowest BCUT2D eigenvalue weighted by atomic mass is 10.2. The second-order valence-electron chi connectivity index (χ2n) is 5.00. The van der Waals surface area contributed by atoms with Crippen molar-refractivity contribution in [1.29, 1.82) is 0 Å². The van der Waals surface area contributed by atoms with E-state index in [1.54, 1.807) is 0 Å². The predicted octanol–water partition coefficient (Wildman–Crippen LogP) is 1.86. The van der Waals surface area contributed by atoms with E-state index in [2.05, 4.69) is 22.4 Å². The van der Waals surface area contributed by atoms with Crippen molar-refractivity contribution in [3.63, 3.8) is 0 Å². The van der Waals surface area contributed by atoms with E-state index in [4.69, 9.17) is 5.73 Å². The fourth-order valence-electron chi connectivity index (χ4n) is 2.86. The van der Waals surface area contributed by atoms with Gasteiger partial charge in [0.05, 0.1) is 0 Å². The lowest BCUT2D eigenvalue weighted by molar-refractivity contribution is 0.635. The van der Waals surface area contributed by atoms with Crippen molar-refractivity contribution in [2.45, 2.75) is 50.6 Å². The van der Waals surface area contributed by atoms with E-state index in [0.717, 1.165) is 18.7 Å². The smallest absolute Gasteiger partial charge is 0.126 e. The molecule has 0 saturated heterocycles. The van der Waals surface area contributed by atoms with Gasteiger partial charge < -0.3 is 11.1 Å². The molecule has 1 aromatic rings. The Bertz CT molecular complexity index is 389. The molecule has 3 heteroatoms. The molecule has 2 aliphatic rings. The van der Waals surface area contributed by atoms with E-state index in [9.17, 15) is 0 Å². The summed E-state index contributed by atoms with van der Waals surface area (Å²) in [6.45, 7) is 0. The predicted molar refractivity (Wildman–Crippen MR) is 65.5 cm³/mol. The van der Waals surface area contributed by atoms with Crippen molar-refractivity contribution in [3.8, 4) is 0 Å². The third-order valence-corrected chi connectivity index (χ3v) is 3.83. The Kier molecular flexibility index (Phi) is 2.56. The summed E-state index contributed by atoms with van der Waals surface area (Å²) >= 11 is 0. The van der Waals surface area contributed by atoms with E-state index < -0.39 is 0 Å². The average molecular weight is 217 g/mol. The van der Waals surface area contributed by atoms with Gasteiger partial charge in [0.2, 0.25) is 0 Å². The summed E-state index contributed by atoms with van der Waals surface area (Å²) in [7, 11) is 0. The maximum atomic E-state index is 6.05. The highest BCUT2D eigenvalue weighted by atomic mass is 15.0. The number of anilines is 1. The van der Waals surface area contributed by atoms with E-state index >= 15 is 0 Å². The molecule has 3 N–H and O–H groups in total. The number of pyridine rings is 1. The third-order valence-electron chi connectivity index (χ3n) is 3.83. The quantitative estimate of drug-likeness (QED) is 0.795. The van der Waals surface area contributed by atoms with Crippen LogP contribution in [0.4, 0.5) is 5.82 Å². The SMILES string of the molecule is NC1CCCC1Nc1ccc2c(n1)CCC2. The van der Waals surface area contributed by atoms with Crippen LogP contribution in [0.2, 0.25) is 0 Å². The number of fused-ring (bicyclic) bond motifs is 1. The van der Waals surface area contributed by atoms with Gasteiger partial charge in [0.1, 0.15) is 5.82 Å². The van der Waals surface area contributed by atoms with Crippen molar-refractivity contribution >= 4 is 5.82 Å². The molecule has 1 fully saturated rings. The van der Waals surface area contributed by atoms with Crippen LogP contribution in [0, 0.1) is 0 Å². The molecule has 0 radical (unpaired) electrons. The van der Waals surface area contributed by atoms with Crippen LogP contribution in [0.5, 0.6) is 0 Å². The van der Waals surface area contributed by atoms with Gasteiger partial charge >= 0.3 is 0 Å². The Morgan fingerprint density at radius 2 is 2.12 bits per heavy atom. The van der Waals surface area contributed by atoms with Crippen LogP contribution in [-0.2, 0) is 12.8 Å². The molecule has 2 aliphatic carbocycles. The third kappa shape index (κ3) is 1.80. The summed E-state index contributed by atoms with van der Waals surface area (Å²) in [6.07, 6.45) is 7.16. The fourth-order valence-corrected chi connectivity index (χ4v) is 2.86. The standard InChI is InChI=1S/C13H19N3/c14-10-4-2-6-12(10)16-13-8-7-9-3-1-5-11(9)15-13/h7-8,10,12H,1-6,14H2,(H,15,16). The summed E-state index contributed by atoms with van der Waals surface area (Å²) in [6, 6.07) is 5.05. The molecular weight excluding hydrogens is 198 g/mol. The number of aryl methyl sites for hydroxylation is 2. The largest absolute Gasteiger partial charge is 0.366 e. The van der Waals surface area contributed by atoms with Crippen molar-refractivity contribution in [1.82, 2.24) is 4.98 Å². The zero-order chi connectivity index (χ0) is 11.0. The first-order chi connectivity index (χ1) is 7.83. The van der Waals surface area contributed by atoms with E-state index in [-0.39, 0.29) is 0 Å². The van der Waals surface area contributed by atoms with E-state index in [1.165, 1.54) is 36.9 Å². The molecule has 2 unspecified atom stereocenters. The summed E-state index contributed by atoms with van der Waals surface area (Å²) < 4.78 is 0. The molecule has 0 aliphatic heterocycles. The molecule has 1 saturated carbocycles. The molecule has 0 bridgehead atoms. The van der Waals surface area contributed by atoms with Gasteiger partial charge in [-0.15, -0.1) is 0 Å². The van der Waals surface area contributed by atoms with Crippen LogP contribution < -0.4 is 11.1 Å². The first-order valence-corrected chi connectivity index (χ1v) is 6.34. The molecule has 1 heterocycles. The van der Waals surface area contributed by atoms with Gasteiger partial charge in [0, 0.05) is 17.8 Å². The minimum atomic E-state index is 0.301. The molecule has 16 heavy (non-hydrogen) atoms. The highest BCUT2D eigenvalue weighted by Crippen LogP contribution is 2.24.